The lowest BCUT2D eigenvalue weighted by Gasteiger charge is -2.13. The fourth-order valence-electron chi connectivity index (χ4n) is 2.23. The first-order valence-electron chi connectivity index (χ1n) is 7.75. The molecule has 0 aliphatic carbocycles. The number of nitrogens with one attached hydrogen (secondary N) is 1. The second-order valence-electron chi connectivity index (χ2n) is 5.40. The largest absolute Gasteiger partial charge is 0.354 e. The lowest BCUT2D eigenvalue weighted by atomic mass is 10.1. The molecule has 0 saturated carbocycles. The number of aryl methyl sites for hydroxylation is 1. The molecule has 0 radical (unpaired) electrons. The molecular weight excluding hydrogens is 290 g/mol. The first kappa shape index (κ1) is 16.6. The Bertz CT molecular complexity index is 556. The van der Waals surface area contributed by atoms with Gasteiger partial charge in [0.1, 0.15) is 0 Å². The predicted molar refractivity (Wildman–Crippen MR) is 94.2 cm³/mol. The van der Waals surface area contributed by atoms with Gasteiger partial charge in [-0.1, -0.05) is 48.5 Å². The maximum atomic E-state index is 11.9. The minimum Gasteiger partial charge on any atom is -0.354 e. The van der Waals surface area contributed by atoms with Crippen LogP contribution in [0.2, 0.25) is 0 Å². The Morgan fingerprint density at radius 1 is 1.05 bits per heavy atom. The van der Waals surface area contributed by atoms with Crippen LogP contribution < -0.4 is 5.32 Å². The summed E-state index contributed by atoms with van der Waals surface area (Å²) in [5, 5.41) is 3.08. The molecule has 0 aromatic heterocycles. The Kier molecular flexibility index (Phi) is 7.04. The Morgan fingerprint density at radius 2 is 1.68 bits per heavy atom. The van der Waals surface area contributed by atoms with Crippen molar-refractivity contribution in [1.29, 1.82) is 0 Å². The molecule has 0 saturated heterocycles. The molecule has 2 aromatic carbocycles. The van der Waals surface area contributed by atoms with Crippen molar-refractivity contribution in [2.75, 3.05) is 5.75 Å². The van der Waals surface area contributed by atoms with Gasteiger partial charge in [-0.2, -0.15) is 0 Å². The van der Waals surface area contributed by atoms with Crippen LogP contribution in [0.4, 0.5) is 0 Å². The third-order valence-corrected chi connectivity index (χ3v) is 4.47. The minimum atomic E-state index is 0.143. The molecule has 2 aromatic rings. The topological polar surface area (TPSA) is 29.1 Å². The van der Waals surface area contributed by atoms with Crippen molar-refractivity contribution < 1.29 is 4.79 Å². The Labute approximate surface area is 137 Å². The number of thioether (sulfide) groups is 1. The van der Waals surface area contributed by atoms with E-state index in [1.807, 2.05) is 24.3 Å². The van der Waals surface area contributed by atoms with Crippen molar-refractivity contribution in [1.82, 2.24) is 5.32 Å². The van der Waals surface area contributed by atoms with Crippen LogP contribution in [-0.4, -0.2) is 17.7 Å². The fourth-order valence-corrected chi connectivity index (χ4v) is 3.10. The molecule has 2 nitrogen and oxygen atoms in total. The van der Waals surface area contributed by atoms with E-state index in [0.717, 1.165) is 18.6 Å². The van der Waals surface area contributed by atoms with E-state index >= 15 is 0 Å². The van der Waals surface area contributed by atoms with Gasteiger partial charge in [0, 0.05) is 23.1 Å². The molecule has 1 unspecified atom stereocenters. The zero-order valence-corrected chi connectivity index (χ0v) is 13.8. The van der Waals surface area contributed by atoms with Crippen LogP contribution in [-0.2, 0) is 11.2 Å². The number of carbonyl (C=O) groups is 1. The van der Waals surface area contributed by atoms with Gasteiger partial charge in [0.25, 0.3) is 0 Å². The van der Waals surface area contributed by atoms with E-state index in [1.54, 1.807) is 11.8 Å². The fraction of sp³-hybridized carbons (Fsp3) is 0.316. The highest BCUT2D eigenvalue weighted by Crippen LogP contribution is 2.17. The summed E-state index contributed by atoms with van der Waals surface area (Å²) >= 11 is 1.73. The Balaban J connectivity index is 1.62. The summed E-state index contributed by atoms with van der Waals surface area (Å²) in [6.07, 6.45) is 2.54. The van der Waals surface area contributed by atoms with Gasteiger partial charge in [-0.25, -0.2) is 0 Å². The van der Waals surface area contributed by atoms with Crippen LogP contribution in [0.3, 0.4) is 0 Å². The van der Waals surface area contributed by atoms with E-state index in [9.17, 15) is 4.79 Å². The van der Waals surface area contributed by atoms with Gasteiger partial charge in [-0.15, -0.1) is 11.8 Å². The smallest absolute Gasteiger partial charge is 0.221 e. The van der Waals surface area contributed by atoms with Gasteiger partial charge in [0.05, 0.1) is 0 Å². The van der Waals surface area contributed by atoms with Crippen LogP contribution in [0, 0.1) is 0 Å². The van der Waals surface area contributed by atoms with Crippen molar-refractivity contribution in [3.63, 3.8) is 0 Å². The summed E-state index contributed by atoms with van der Waals surface area (Å²) in [6.45, 7) is 2.07. The average Bonchev–Trinajstić information content (AvgIpc) is 2.55. The highest BCUT2D eigenvalue weighted by Gasteiger charge is 2.07. The molecule has 1 atom stereocenters. The molecule has 0 aliphatic rings. The van der Waals surface area contributed by atoms with Crippen LogP contribution >= 0.6 is 11.8 Å². The van der Waals surface area contributed by atoms with E-state index in [0.29, 0.717) is 6.42 Å². The molecule has 116 valence electrons. The van der Waals surface area contributed by atoms with Crippen LogP contribution in [0.15, 0.2) is 65.6 Å². The number of hydrogen-bond acceptors (Lipinski definition) is 2. The lowest BCUT2D eigenvalue weighted by Crippen LogP contribution is -2.33. The third kappa shape index (κ3) is 6.35. The van der Waals surface area contributed by atoms with Crippen molar-refractivity contribution >= 4 is 17.7 Å². The van der Waals surface area contributed by atoms with Crippen molar-refractivity contribution in [2.24, 2.45) is 0 Å². The summed E-state index contributed by atoms with van der Waals surface area (Å²) < 4.78 is 0. The average molecular weight is 313 g/mol. The summed E-state index contributed by atoms with van der Waals surface area (Å²) in [5.74, 6) is 0.963. The second kappa shape index (κ2) is 9.31. The summed E-state index contributed by atoms with van der Waals surface area (Å²) in [6, 6.07) is 20.8. The summed E-state index contributed by atoms with van der Waals surface area (Å²) in [5.41, 5.74) is 1.32. The summed E-state index contributed by atoms with van der Waals surface area (Å²) in [4.78, 5) is 13.1. The van der Waals surface area contributed by atoms with Crippen LogP contribution in [0.25, 0.3) is 0 Å². The first-order valence-corrected chi connectivity index (χ1v) is 8.74. The summed E-state index contributed by atoms with van der Waals surface area (Å²) in [7, 11) is 0. The maximum Gasteiger partial charge on any atom is 0.221 e. The highest BCUT2D eigenvalue weighted by atomic mass is 32.2. The van der Waals surface area contributed by atoms with Gasteiger partial charge >= 0.3 is 0 Å². The third-order valence-electron chi connectivity index (χ3n) is 3.46. The van der Waals surface area contributed by atoms with Gasteiger partial charge in [0.2, 0.25) is 5.91 Å². The molecular formula is C19H23NOS. The number of hydrogen-bond donors (Lipinski definition) is 1. The number of amides is 1. The maximum absolute atomic E-state index is 11.9. The lowest BCUT2D eigenvalue weighted by molar-refractivity contribution is -0.121. The molecule has 2 rings (SSSR count). The van der Waals surface area contributed by atoms with Gasteiger partial charge < -0.3 is 5.32 Å². The normalized spacial score (nSPS) is 11.9. The molecule has 0 spiro atoms. The minimum absolute atomic E-state index is 0.143. The van der Waals surface area contributed by atoms with E-state index in [2.05, 4.69) is 48.6 Å². The van der Waals surface area contributed by atoms with E-state index in [-0.39, 0.29) is 11.9 Å². The molecule has 3 heteroatoms. The Morgan fingerprint density at radius 3 is 2.36 bits per heavy atom. The molecule has 0 aliphatic heterocycles. The van der Waals surface area contributed by atoms with E-state index in [1.165, 1.54) is 10.5 Å². The quantitative estimate of drug-likeness (QED) is 0.736. The standard InChI is InChI=1S/C19H23NOS/c1-16(12-13-17-8-4-2-5-9-17)20-19(21)14-15-22-18-10-6-3-7-11-18/h2-11,16H,12-15H2,1H3,(H,20,21). The van der Waals surface area contributed by atoms with E-state index in [4.69, 9.17) is 0 Å². The molecule has 0 fully saturated rings. The van der Waals surface area contributed by atoms with E-state index < -0.39 is 0 Å². The molecule has 1 amide bonds. The van der Waals surface area contributed by atoms with Crippen molar-refractivity contribution in [3.8, 4) is 0 Å². The molecule has 1 N–H and O–H groups in total. The molecule has 0 bridgehead atoms. The van der Waals surface area contributed by atoms with Gasteiger partial charge in [-0.05, 0) is 37.5 Å². The van der Waals surface area contributed by atoms with Gasteiger partial charge in [-0.3, -0.25) is 4.79 Å². The number of carbonyl (C=O) groups excluding carboxylic acids is 1. The molecule has 0 heterocycles. The first-order chi connectivity index (χ1) is 10.7. The number of rotatable bonds is 8. The van der Waals surface area contributed by atoms with Crippen molar-refractivity contribution in [3.05, 3.63) is 66.2 Å². The van der Waals surface area contributed by atoms with Crippen LogP contribution in [0.1, 0.15) is 25.3 Å². The van der Waals surface area contributed by atoms with Crippen LogP contribution in [0.5, 0.6) is 0 Å². The monoisotopic (exact) mass is 313 g/mol. The molecule has 22 heavy (non-hydrogen) atoms. The zero-order valence-electron chi connectivity index (χ0n) is 13.0. The van der Waals surface area contributed by atoms with Crippen molar-refractivity contribution in [2.45, 2.75) is 37.1 Å². The number of benzene rings is 2. The zero-order chi connectivity index (χ0) is 15.6. The second-order valence-corrected chi connectivity index (χ2v) is 6.57. The Hall–Kier alpha value is -1.74. The predicted octanol–water partition coefficient (Wildman–Crippen LogP) is 4.31. The highest BCUT2D eigenvalue weighted by molar-refractivity contribution is 7.99. The van der Waals surface area contributed by atoms with Gasteiger partial charge in [0.15, 0.2) is 0 Å². The SMILES string of the molecule is CC(CCc1ccccc1)NC(=O)CCSc1ccccc1.